The van der Waals surface area contributed by atoms with Crippen LogP contribution in [0.3, 0.4) is 0 Å². The normalized spacial score (nSPS) is 20.1. The summed E-state index contributed by atoms with van der Waals surface area (Å²) in [5.41, 5.74) is 2.34. The Morgan fingerprint density at radius 1 is 1.35 bits per heavy atom. The highest BCUT2D eigenvalue weighted by molar-refractivity contribution is 5.21. The zero-order valence-corrected chi connectivity index (χ0v) is 11.6. The largest absolute Gasteiger partial charge is 0.296 e. The Balaban J connectivity index is 1.70. The van der Waals surface area contributed by atoms with Crippen LogP contribution in [0.2, 0.25) is 0 Å². The lowest BCUT2D eigenvalue weighted by Gasteiger charge is -2.36. The molecule has 4 heteroatoms. The van der Waals surface area contributed by atoms with Crippen LogP contribution in [0.4, 0.5) is 4.39 Å². The molecule has 0 aliphatic carbocycles. The molecule has 1 N–H and O–H groups in total. The predicted molar refractivity (Wildman–Crippen MR) is 76.9 cm³/mol. The summed E-state index contributed by atoms with van der Waals surface area (Å²) in [5.74, 6) is -0.136. The second-order valence-corrected chi connectivity index (χ2v) is 5.46. The standard InChI is InChI=1S/C16H20FN3/c17-15-5-3-4-14(10-15)16-6-1-2-8-20(16)9-7-13-11-18-19-12-13/h3-5,10-12,16H,1-2,6-9H2,(H,18,19). The second kappa shape index (κ2) is 6.18. The fourth-order valence-corrected chi connectivity index (χ4v) is 3.04. The van der Waals surface area contributed by atoms with Crippen molar-refractivity contribution < 1.29 is 4.39 Å². The van der Waals surface area contributed by atoms with Gasteiger partial charge in [-0.15, -0.1) is 0 Å². The van der Waals surface area contributed by atoms with E-state index in [1.54, 1.807) is 6.07 Å². The van der Waals surface area contributed by atoms with Gasteiger partial charge in [-0.25, -0.2) is 4.39 Å². The van der Waals surface area contributed by atoms with E-state index in [2.05, 4.69) is 15.1 Å². The van der Waals surface area contributed by atoms with Gasteiger partial charge in [-0.3, -0.25) is 10.00 Å². The van der Waals surface area contributed by atoms with Crippen molar-refractivity contribution in [3.63, 3.8) is 0 Å². The predicted octanol–water partition coefficient (Wildman–Crippen LogP) is 3.32. The number of H-pyrrole nitrogens is 1. The maximum Gasteiger partial charge on any atom is 0.123 e. The van der Waals surface area contributed by atoms with Crippen LogP contribution in [0.5, 0.6) is 0 Å². The van der Waals surface area contributed by atoms with E-state index < -0.39 is 0 Å². The van der Waals surface area contributed by atoms with Crippen LogP contribution in [-0.4, -0.2) is 28.2 Å². The van der Waals surface area contributed by atoms with Crippen molar-refractivity contribution in [2.24, 2.45) is 0 Å². The van der Waals surface area contributed by atoms with Gasteiger partial charge < -0.3 is 0 Å². The molecule has 3 nitrogen and oxygen atoms in total. The summed E-state index contributed by atoms with van der Waals surface area (Å²) in [5, 5.41) is 6.83. The van der Waals surface area contributed by atoms with Gasteiger partial charge in [0.25, 0.3) is 0 Å². The molecule has 2 aromatic rings. The molecule has 1 aromatic carbocycles. The molecule has 1 saturated heterocycles. The first-order chi connectivity index (χ1) is 9.83. The maximum atomic E-state index is 13.4. The molecule has 20 heavy (non-hydrogen) atoms. The summed E-state index contributed by atoms with van der Waals surface area (Å²) >= 11 is 0. The molecule has 1 atom stereocenters. The number of halogens is 1. The molecule has 2 heterocycles. The number of nitrogens with zero attached hydrogens (tertiary/aromatic N) is 2. The number of aromatic nitrogens is 2. The van der Waals surface area contributed by atoms with Crippen LogP contribution in [0.25, 0.3) is 0 Å². The van der Waals surface area contributed by atoms with Crippen LogP contribution in [0.1, 0.15) is 36.4 Å². The lowest BCUT2D eigenvalue weighted by atomic mass is 9.95. The summed E-state index contributed by atoms with van der Waals surface area (Å²) < 4.78 is 13.4. The van der Waals surface area contributed by atoms with E-state index >= 15 is 0 Å². The van der Waals surface area contributed by atoms with Gasteiger partial charge in [-0.2, -0.15) is 5.10 Å². The van der Waals surface area contributed by atoms with Gasteiger partial charge in [0.15, 0.2) is 0 Å². The first-order valence-electron chi connectivity index (χ1n) is 7.30. The van der Waals surface area contributed by atoms with E-state index in [4.69, 9.17) is 0 Å². The van der Waals surface area contributed by atoms with Crippen molar-refractivity contribution in [1.29, 1.82) is 0 Å². The highest BCUT2D eigenvalue weighted by atomic mass is 19.1. The molecule has 1 aliphatic heterocycles. The minimum atomic E-state index is -0.136. The van der Waals surface area contributed by atoms with Gasteiger partial charge in [0, 0.05) is 18.8 Å². The Morgan fingerprint density at radius 3 is 3.10 bits per heavy atom. The molecule has 0 saturated carbocycles. The van der Waals surface area contributed by atoms with Gasteiger partial charge in [-0.05, 0) is 49.1 Å². The first-order valence-corrected chi connectivity index (χ1v) is 7.30. The van der Waals surface area contributed by atoms with Crippen molar-refractivity contribution >= 4 is 0 Å². The van der Waals surface area contributed by atoms with Crippen LogP contribution in [-0.2, 0) is 6.42 Å². The van der Waals surface area contributed by atoms with Gasteiger partial charge in [-0.1, -0.05) is 18.6 Å². The molecule has 0 radical (unpaired) electrons. The van der Waals surface area contributed by atoms with Gasteiger partial charge in [0.05, 0.1) is 6.20 Å². The molecule has 0 spiro atoms. The van der Waals surface area contributed by atoms with Gasteiger partial charge in [0.2, 0.25) is 0 Å². The average Bonchev–Trinajstić information content (AvgIpc) is 2.99. The molecule has 0 amide bonds. The van der Waals surface area contributed by atoms with Crippen LogP contribution in [0, 0.1) is 5.82 Å². The molecule has 106 valence electrons. The number of nitrogens with one attached hydrogen (secondary N) is 1. The fourth-order valence-electron chi connectivity index (χ4n) is 3.04. The third-order valence-electron chi connectivity index (χ3n) is 4.09. The van der Waals surface area contributed by atoms with Crippen molar-refractivity contribution in [3.05, 3.63) is 53.6 Å². The number of rotatable bonds is 4. The van der Waals surface area contributed by atoms with E-state index in [0.29, 0.717) is 6.04 Å². The number of likely N-dealkylation sites (tertiary alicyclic amines) is 1. The summed E-state index contributed by atoms with van der Waals surface area (Å²) in [6, 6.07) is 7.41. The maximum absolute atomic E-state index is 13.4. The fraction of sp³-hybridized carbons (Fsp3) is 0.438. The Kier molecular flexibility index (Phi) is 4.11. The van der Waals surface area contributed by atoms with E-state index in [9.17, 15) is 4.39 Å². The van der Waals surface area contributed by atoms with Crippen molar-refractivity contribution in [3.8, 4) is 0 Å². The van der Waals surface area contributed by atoms with E-state index in [1.165, 1.54) is 24.5 Å². The third-order valence-corrected chi connectivity index (χ3v) is 4.09. The smallest absolute Gasteiger partial charge is 0.123 e. The number of hydrogen-bond acceptors (Lipinski definition) is 2. The number of benzene rings is 1. The number of piperidine rings is 1. The Hall–Kier alpha value is -1.68. The molecular weight excluding hydrogens is 253 g/mol. The second-order valence-electron chi connectivity index (χ2n) is 5.46. The highest BCUT2D eigenvalue weighted by Gasteiger charge is 2.23. The summed E-state index contributed by atoms with van der Waals surface area (Å²) in [7, 11) is 0. The molecule has 3 rings (SSSR count). The van der Waals surface area contributed by atoms with Crippen molar-refractivity contribution in [2.75, 3.05) is 13.1 Å². The van der Waals surface area contributed by atoms with Gasteiger partial charge in [0.1, 0.15) is 5.82 Å². The number of hydrogen-bond donors (Lipinski definition) is 1. The van der Waals surface area contributed by atoms with Crippen LogP contribution in [0.15, 0.2) is 36.7 Å². The summed E-state index contributed by atoms with van der Waals surface area (Å²) in [6.07, 6.45) is 8.39. The topological polar surface area (TPSA) is 31.9 Å². The Bertz CT molecular complexity index is 538. The molecule has 1 unspecified atom stereocenters. The zero-order valence-electron chi connectivity index (χ0n) is 11.6. The van der Waals surface area contributed by atoms with Crippen molar-refractivity contribution in [2.45, 2.75) is 31.7 Å². The lowest BCUT2D eigenvalue weighted by molar-refractivity contribution is 0.150. The monoisotopic (exact) mass is 273 g/mol. The van der Waals surface area contributed by atoms with Gasteiger partial charge >= 0.3 is 0 Å². The van der Waals surface area contributed by atoms with E-state index in [-0.39, 0.29) is 5.82 Å². The zero-order chi connectivity index (χ0) is 13.8. The average molecular weight is 273 g/mol. The minimum absolute atomic E-state index is 0.136. The molecular formula is C16H20FN3. The van der Waals surface area contributed by atoms with Crippen molar-refractivity contribution in [1.82, 2.24) is 15.1 Å². The third kappa shape index (κ3) is 3.07. The Morgan fingerprint density at radius 2 is 2.30 bits per heavy atom. The highest BCUT2D eigenvalue weighted by Crippen LogP contribution is 2.31. The summed E-state index contributed by atoms with van der Waals surface area (Å²) in [4.78, 5) is 2.48. The molecule has 0 bridgehead atoms. The van der Waals surface area contributed by atoms with E-state index in [0.717, 1.165) is 31.5 Å². The SMILES string of the molecule is Fc1cccc(C2CCCCN2CCc2cn[nH]c2)c1. The quantitative estimate of drug-likeness (QED) is 0.926. The summed E-state index contributed by atoms with van der Waals surface area (Å²) in [6.45, 7) is 2.10. The number of aromatic amines is 1. The first kappa shape index (κ1) is 13.3. The lowest BCUT2D eigenvalue weighted by Crippen LogP contribution is -2.35. The van der Waals surface area contributed by atoms with Crippen LogP contribution >= 0.6 is 0 Å². The van der Waals surface area contributed by atoms with E-state index in [1.807, 2.05) is 24.5 Å². The molecule has 1 fully saturated rings. The Labute approximate surface area is 118 Å². The molecule has 1 aliphatic rings. The minimum Gasteiger partial charge on any atom is -0.296 e. The van der Waals surface area contributed by atoms with Crippen LogP contribution < -0.4 is 0 Å². The molecule has 1 aromatic heterocycles.